The number of carbonyl (C=O) groups is 1. The van der Waals surface area contributed by atoms with E-state index < -0.39 is 5.91 Å². The molecule has 2 N–H and O–H groups in total. The van der Waals surface area contributed by atoms with Crippen LogP contribution in [-0.2, 0) is 4.79 Å². The van der Waals surface area contributed by atoms with Crippen LogP contribution in [0, 0.1) is 0 Å². The van der Waals surface area contributed by atoms with E-state index in [4.69, 9.17) is 5.73 Å². The summed E-state index contributed by atoms with van der Waals surface area (Å²) in [6.07, 6.45) is 3.06. The Labute approximate surface area is 102 Å². The van der Waals surface area contributed by atoms with Crippen LogP contribution in [-0.4, -0.2) is 5.91 Å². The van der Waals surface area contributed by atoms with Crippen LogP contribution in [0.3, 0.4) is 0 Å². The first-order valence-corrected chi connectivity index (χ1v) is 5.62. The number of carbonyl (C=O) groups excluding carboxylic acids is 1. The van der Waals surface area contributed by atoms with Crippen LogP contribution in [0.4, 0.5) is 0 Å². The van der Waals surface area contributed by atoms with E-state index >= 15 is 0 Å². The zero-order valence-electron chi connectivity index (χ0n) is 8.48. The van der Waals surface area contributed by atoms with Crippen molar-refractivity contribution in [3.8, 4) is 0 Å². The van der Waals surface area contributed by atoms with Gasteiger partial charge in [0.1, 0.15) is 0 Å². The zero-order valence-corrected chi connectivity index (χ0v) is 10.1. The van der Waals surface area contributed by atoms with Crippen molar-refractivity contribution in [2.24, 2.45) is 5.73 Å². The van der Waals surface area contributed by atoms with Crippen molar-refractivity contribution in [1.29, 1.82) is 0 Å². The molecule has 3 heteroatoms. The summed E-state index contributed by atoms with van der Waals surface area (Å²) in [6.45, 7) is 0. The van der Waals surface area contributed by atoms with Crippen molar-refractivity contribution in [1.82, 2.24) is 0 Å². The molecule has 0 saturated heterocycles. The predicted molar refractivity (Wildman–Crippen MR) is 69.9 cm³/mol. The van der Waals surface area contributed by atoms with Gasteiger partial charge in [0.15, 0.2) is 0 Å². The maximum Gasteiger partial charge on any atom is 0.241 e. The minimum atomic E-state index is -0.444. The van der Waals surface area contributed by atoms with E-state index in [1.807, 2.05) is 36.4 Å². The van der Waals surface area contributed by atoms with Crippen LogP contribution in [0.2, 0.25) is 0 Å². The highest BCUT2D eigenvalue weighted by atomic mass is 79.9. The molecule has 1 amide bonds. The van der Waals surface area contributed by atoms with Crippen molar-refractivity contribution in [2.45, 2.75) is 0 Å². The molecule has 0 aliphatic heterocycles. The number of amides is 1. The molecular formula is C13H10BrNO. The Hall–Kier alpha value is -1.61. The molecule has 80 valence electrons. The molecular weight excluding hydrogens is 266 g/mol. The monoisotopic (exact) mass is 275 g/mol. The van der Waals surface area contributed by atoms with E-state index in [0.717, 1.165) is 20.8 Å². The number of hydrogen-bond acceptors (Lipinski definition) is 1. The number of nitrogens with two attached hydrogens (primary N) is 1. The molecule has 0 atom stereocenters. The van der Waals surface area contributed by atoms with Crippen LogP contribution < -0.4 is 5.73 Å². The van der Waals surface area contributed by atoms with Gasteiger partial charge in [0, 0.05) is 10.5 Å². The average molecular weight is 276 g/mol. The molecule has 2 aromatic rings. The topological polar surface area (TPSA) is 43.1 Å². The second-order valence-corrected chi connectivity index (χ2v) is 4.22. The van der Waals surface area contributed by atoms with Crippen molar-refractivity contribution in [3.05, 3.63) is 52.5 Å². The average Bonchev–Trinajstić information content (AvgIpc) is 2.28. The Morgan fingerprint density at radius 2 is 1.94 bits per heavy atom. The second-order valence-electron chi connectivity index (χ2n) is 3.43. The van der Waals surface area contributed by atoms with Crippen molar-refractivity contribution in [3.63, 3.8) is 0 Å². The molecule has 2 rings (SSSR count). The highest BCUT2D eigenvalue weighted by Crippen LogP contribution is 2.28. The number of rotatable bonds is 2. The van der Waals surface area contributed by atoms with Gasteiger partial charge in [0.2, 0.25) is 5.91 Å². The fourth-order valence-corrected chi connectivity index (χ4v) is 2.18. The molecule has 0 bridgehead atoms. The van der Waals surface area contributed by atoms with Crippen LogP contribution in [0.1, 0.15) is 5.56 Å². The van der Waals surface area contributed by atoms with Crippen molar-refractivity contribution >= 4 is 38.7 Å². The molecule has 0 saturated carbocycles. The van der Waals surface area contributed by atoms with E-state index in [9.17, 15) is 4.79 Å². The summed E-state index contributed by atoms with van der Waals surface area (Å²) in [5.41, 5.74) is 6.00. The Kier molecular flexibility index (Phi) is 3.06. The lowest BCUT2D eigenvalue weighted by molar-refractivity contribution is -0.113. The van der Waals surface area contributed by atoms with Crippen LogP contribution >= 0.6 is 15.9 Å². The van der Waals surface area contributed by atoms with Crippen molar-refractivity contribution < 1.29 is 4.79 Å². The summed E-state index contributed by atoms with van der Waals surface area (Å²) >= 11 is 3.53. The number of primary amides is 1. The normalized spacial score (nSPS) is 11.1. The first-order valence-electron chi connectivity index (χ1n) is 4.83. The van der Waals surface area contributed by atoms with Crippen LogP contribution in [0.25, 0.3) is 16.8 Å². The third kappa shape index (κ3) is 2.14. The Bertz CT molecular complexity index is 575. The Morgan fingerprint density at radius 3 is 2.69 bits per heavy atom. The second kappa shape index (κ2) is 4.49. The quantitative estimate of drug-likeness (QED) is 0.841. The van der Waals surface area contributed by atoms with Gasteiger partial charge in [-0.2, -0.15) is 0 Å². The summed E-state index contributed by atoms with van der Waals surface area (Å²) in [4.78, 5) is 10.7. The van der Waals surface area contributed by atoms with Gasteiger partial charge in [-0.3, -0.25) is 4.79 Å². The summed E-state index contributed by atoms with van der Waals surface area (Å²) in [5.74, 6) is -0.444. The lowest BCUT2D eigenvalue weighted by Crippen LogP contribution is -2.05. The lowest BCUT2D eigenvalue weighted by atomic mass is 10.1. The van der Waals surface area contributed by atoms with Gasteiger partial charge in [-0.15, -0.1) is 0 Å². The highest BCUT2D eigenvalue weighted by molar-refractivity contribution is 9.10. The molecule has 2 aromatic carbocycles. The molecule has 2 nitrogen and oxygen atoms in total. The maximum absolute atomic E-state index is 10.7. The van der Waals surface area contributed by atoms with Gasteiger partial charge < -0.3 is 5.73 Å². The minimum Gasteiger partial charge on any atom is -0.366 e. The van der Waals surface area contributed by atoms with Crippen LogP contribution in [0.15, 0.2) is 46.9 Å². The number of halogens is 1. The Balaban J connectivity index is 2.56. The van der Waals surface area contributed by atoms with Gasteiger partial charge in [-0.05, 0) is 38.3 Å². The smallest absolute Gasteiger partial charge is 0.241 e. The van der Waals surface area contributed by atoms with E-state index in [2.05, 4.69) is 15.9 Å². The molecule has 0 spiro atoms. The molecule has 0 aliphatic carbocycles. The first kappa shape index (κ1) is 10.9. The summed E-state index contributed by atoms with van der Waals surface area (Å²) in [7, 11) is 0. The van der Waals surface area contributed by atoms with Crippen LogP contribution in [0.5, 0.6) is 0 Å². The summed E-state index contributed by atoms with van der Waals surface area (Å²) < 4.78 is 0.975. The first-order chi connectivity index (χ1) is 7.68. The number of fused-ring (bicyclic) bond motifs is 1. The largest absolute Gasteiger partial charge is 0.366 e. The van der Waals surface area contributed by atoms with E-state index in [1.54, 1.807) is 6.08 Å². The fraction of sp³-hybridized carbons (Fsp3) is 0. The SMILES string of the molecule is NC(=O)/C=C/c1ccc2ccccc2c1Br. The predicted octanol–water partition coefficient (Wildman–Crippen LogP) is 3.10. The molecule has 0 radical (unpaired) electrons. The van der Waals surface area contributed by atoms with Gasteiger partial charge in [-0.1, -0.05) is 36.4 Å². The molecule has 0 heterocycles. The van der Waals surface area contributed by atoms with E-state index in [1.165, 1.54) is 6.08 Å². The molecule has 0 unspecified atom stereocenters. The van der Waals surface area contributed by atoms with Gasteiger partial charge in [0.05, 0.1) is 0 Å². The van der Waals surface area contributed by atoms with Gasteiger partial charge in [0.25, 0.3) is 0 Å². The molecule has 0 aliphatic rings. The molecule has 0 fully saturated rings. The minimum absolute atomic E-state index is 0.444. The third-order valence-corrected chi connectivity index (χ3v) is 3.21. The number of hydrogen-bond donors (Lipinski definition) is 1. The summed E-state index contributed by atoms with van der Waals surface area (Å²) in [5, 5.41) is 2.28. The lowest BCUT2D eigenvalue weighted by Gasteiger charge is -2.03. The number of benzene rings is 2. The Morgan fingerprint density at radius 1 is 1.19 bits per heavy atom. The fourth-order valence-electron chi connectivity index (χ4n) is 1.55. The van der Waals surface area contributed by atoms with Crippen molar-refractivity contribution in [2.75, 3.05) is 0 Å². The summed E-state index contributed by atoms with van der Waals surface area (Å²) in [6, 6.07) is 12.0. The molecule has 0 aromatic heterocycles. The third-order valence-electron chi connectivity index (χ3n) is 2.32. The zero-order chi connectivity index (χ0) is 11.5. The van der Waals surface area contributed by atoms with Gasteiger partial charge in [-0.25, -0.2) is 0 Å². The highest BCUT2D eigenvalue weighted by Gasteiger charge is 2.01. The van der Waals surface area contributed by atoms with Gasteiger partial charge >= 0.3 is 0 Å². The van der Waals surface area contributed by atoms with E-state index in [0.29, 0.717) is 0 Å². The molecule has 16 heavy (non-hydrogen) atoms. The van der Waals surface area contributed by atoms with E-state index in [-0.39, 0.29) is 0 Å². The standard InChI is InChI=1S/C13H10BrNO/c14-13-10(7-8-12(15)16)6-5-9-3-1-2-4-11(9)13/h1-8H,(H2,15,16)/b8-7+. The maximum atomic E-state index is 10.7.